The van der Waals surface area contributed by atoms with E-state index in [1.165, 1.54) is 16.7 Å². The number of rotatable bonds is 6. The third-order valence-electron chi connectivity index (χ3n) is 5.26. The van der Waals surface area contributed by atoms with Crippen LogP contribution in [0.25, 0.3) is 5.57 Å². The van der Waals surface area contributed by atoms with E-state index in [1.54, 1.807) is 12.1 Å². The average Bonchev–Trinajstić information content (AvgIpc) is 3.41. The van der Waals surface area contributed by atoms with Crippen LogP contribution in [0.1, 0.15) is 24.0 Å². The number of phenols is 1. The SMILES string of the molecule is Oc1ccc(/C(=C(/CCC2C=CC=C2)C2C=CC=C2)c2ccccc2)cc1. The van der Waals surface area contributed by atoms with Crippen molar-refractivity contribution in [3.8, 4) is 5.75 Å². The predicted octanol–water partition coefficient (Wildman–Crippen LogP) is 6.46. The Labute approximate surface area is 161 Å². The van der Waals surface area contributed by atoms with Gasteiger partial charge < -0.3 is 5.11 Å². The Hall–Kier alpha value is -3.06. The fourth-order valence-electron chi connectivity index (χ4n) is 3.89. The van der Waals surface area contributed by atoms with Gasteiger partial charge in [0.05, 0.1) is 0 Å². The molecular weight excluding hydrogens is 328 g/mol. The largest absolute Gasteiger partial charge is 0.508 e. The lowest BCUT2D eigenvalue weighted by Crippen LogP contribution is -2.04. The molecule has 0 saturated heterocycles. The minimum absolute atomic E-state index is 0.301. The summed E-state index contributed by atoms with van der Waals surface area (Å²) in [5.41, 5.74) is 5.10. The van der Waals surface area contributed by atoms with E-state index in [-0.39, 0.29) is 0 Å². The Morgan fingerprint density at radius 3 is 1.96 bits per heavy atom. The van der Waals surface area contributed by atoms with Gasteiger partial charge in [-0.25, -0.2) is 0 Å². The van der Waals surface area contributed by atoms with Gasteiger partial charge in [-0.3, -0.25) is 0 Å². The van der Waals surface area contributed by atoms with Crippen LogP contribution in [0.2, 0.25) is 0 Å². The maximum absolute atomic E-state index is 9.75. The molecule has 0 fully saturated rings. The molecule has 0 spiro atoms. The second-order valence-corrected chi connectivity index (χ2v) is 7.08. The fourth-order valence-corrected chi connectivity index (χ4v) is 3.89. The lowest BCUT2D eigenvalue weighted by atomic mass is 9.83. The standard InChI is InChI=1S/C26H24O/c27-24-17-15-23(16-18-24)26(22-12-2-1-3-13-22)25(21-10-6-7-11-21)19-14-20-8-4-5-9-20/h1-13,15-18,20-21,27H,14,19H2/b26-25-. The maximum atomic E-state index is 9.75. The van der Waals surface area contributed by atoms with Gasteiger partial charge in [-0.15, -0.1) is 0 Å². The summed E-state index contributed by atoms with van der Waals surface area (Å²) in [6, 6.07) is 18.2. The molecule has 134 valence electrons. The number of allylic oxidation sites excluding steroid dienone is 9. The topological polar surface area (TPSA) is 20.2 Å². The average molecular weight is 352 g/mol. The fraction of sp³-hybridized carbons (Fsp3) is 0.154. The van der Waals surface area contributed by atoms with E-state index in [2.05, 4.69) is 78.9 Å². The molecule has 2 aliphatic carbocycles. The predicted molar refractivity (Wildman–Crippen MR) is 113 cm³/mol. The Balaban J connectivity index is 1.81. The third kappa shape index (κ3) is 4.03. The van der Waals surface area contributed by atoms with Gasteiger partial charge in [-0.1, -0.05) is 96.6 Å². The molecule has 1 N–H and O–H groups in total. The summed E-state index contributed by atoms with van der Waals surface area (Å²) < 4.78 is 0. The first-order valence-corrected chi connectivity index (χ1v) is 9.59. The minimum Gasteiger partial charge on any atom is -0.508 e. The molecule has 27 heavy (non-hydrogen) atoms. The first-order valence-electron chi connectivity index (χ1n) is 9.59. The molecule has 0 radical (unpaired) electrons. The summed E-state index contributed by atoms with van der Waals surface area (Å²) in [6.45, 7) is 0. The summed E-state index contributed by atoms with van der Waals surface area (Å²) in [7, 11) is 0. The summed E-state index contributed by atoms with van der Waals surface area (Å²) >= 11 is 0. The number of benzene rings is 2. The maximum Gasteiger partial charge on any atom is 0.115 e. The van der Waals surface area contributed by atoms with Crippen LogP contribution in [-0.2, 0) is 0 Å². The van der Waals surface area contributed by atoms with Crippen LogP contribution in [-0.4, -0.2) is 5.11 Å². The van der Waals surface area contributed by atoms with Crippen molar-refractivity contribution in [3.05, 3.63) is 120 Å². The van der Waals surface area contributed by atoms with Crippen LogP contribution in [0.5, 0.6) is 5.75 Å². The van der Waals surface area contributed by atoms with Gasteiger partial charge >= 0.3 is 0 Å². The number of phenolic OH excluding ortho intramolecular Hbond substituents is 1. The van der Waals surface area contributed by atoms with E-state index in [9.17, 15) is 5.11 Å². The van der Waals surface area contributed by atoms with E-state index in [0.29, 0.717) is 17.6 Å². The second-order valence-electron chi connectivity index (χ2n) is 7.08. The molecule has 0 atom stereocenters. The van der Waals surface area contributed by atoms with E-state index >= 15 is 0 Å². The molecule has 0 aromatic heterocycles. The summed E-state index contributed by atoms with van der Waals surface area (Å²) in [5.74, 6) is 1.14. The monoisotopic (exact) mass is 352 g/mol. The van der Waals surface area contributed by atoms with Crippen LogP contribution in [0.4, 0.5) is 0 Å². The lowest BCUT2D eigenvalue weighted by Gasteiger charge is -2.21. The molecule has 0 unspecified atom stereocenters. The van der Waals surface area contributed by atoms with Gasteiger partial charge in [0, 0.05) is 5.92 Å². The molecular formula is C26H24O. The Bertz CT molecular complexity index is 900. The molecule has 4 rings (SSSR count). The third-order valence-corrected chi connectivity index (χ3v) is 5.26. The molecule has 1 nitrogen and oxygen atoms in total. The van der Waals surface area contributed by atoms with Crippen molar-refractivity contribution < 1.29 is 5.11 Å². The Morgan fingerprint density at radius 2 is 1.30 bits per heavy atom. The number of hydrogen-bond acceptors (Lipinski definition) is 1. The lowest BCUT2D eigenvalue weighted by molar-refractivity contribution is 0.475. The van der Waals surface area contributed by atoms with E-state index < -0.39 is 0 Å². The van der Waals surface area contributed by atoms with Crippen LogP contribution >= 0.6 is 0 Å². The normalized spacial score (nSPS) is 17.0. The second kappa shape index (κ2) is 8.09. The van der Waals surface area contributed by atoms with Gasteiger partial charge in [-0.2, -0.15) is 0 Å². The first kappa shape index (κ1) is 17.4. The highest BCUT2D eigenvalue weighted by molar-refractivity contribution is 5.83. The van der Waals surface area contributed by atoms with Crippen LogP contribution in [0.15, 0.2) is 109 Å². The molecule has 0 amide bonds. The quantitative estimate of drug-likeness (QED) is 0.632. The molecule has 0 saturated carbocycles. The van der Waals surface area contributed by atoms with Crippen molar-refractivity contribution in [1.29, 1.82) is 0 Å². The van der Waals surface area contributed by atoms with Crippen molar-refractivity contribution in [2.24, 2.45) is 11.8 Å². The van der Waals surface area contributed by atoms with Gasteiger partial charge in [0.25, 0.3) is 0 Å². The van der Waals surface area contributed by atoms with Crippen LogP contribution < -0.4 is 0 Å². The van der Waals surface area contributed by atoms with Crippen molar-refractivity contribution in [2.45, 2.75) is 12.8 Å². The summed E-state index contributed by atoms with van der Waals surface area (Å²) in [4.78, 5) is 0. The molecule has 0 bridgehead atoms. The highest BCUT2D eigenvalue weighted by Crippen LogP contribution is 2.37. The molecule has 2 aromatic rings. The van der Waals surface area contributed by atoms with Crippen molar-refractivity contribution in [2.75, 3.05) is 0 Å². The molecule has 0 heterocycles. The minimum atomic E-state index is 0.301. The van der Waals surface area contributed by atoms with Crippen molar-refractivity contribution in [3.63, 3.8) is 0 Å². The Morgan fingerprint density at radius 1 is 0.704 bits per heavy atom. The van der Waals surface area contributed by atoms with Crippen LogP contribution in [0.3, 0.4) is 0 Å². The molecule has 2 aliphatic rings. The first-order chi connectivity index (χ1) is 13.3. The van der Waals surface area contributed by atoms with Gasteiger partial charge in [0.1, 0.15) is 5.75 Å². The number of hydrogen-bond donors (Lipinski definition) is 1. The number of aromatic hydroxyl groups is 1. The van der Waals surface area contributed by atoms with E-state index in [1.807, 2.05) is 12.1 Å². The molecule has 0 aliphatic heterocycles. The van der Waals surface area contributed by atoms with E-state index in [4.69, 9.17) is 0 Å². The van der Waals surface area contributed by atoms with Crippen molar-refractivity contribution >= 4 is 5.57 Å². The highest BCUT2D eigenvalue weighted by atomic mass is 16.3. The van der Waals surface area contributed by atoms with Crippen LogP contribution in [0, 0.1) is 11.8 Å². The zero-order valence-electron chi connectivity index (χ0n) is 15.3. The van der Waals surface area contributed by atoms with Gasteiger partial charge in [-0.05, 0) is 47.6 Å². The smallest absolute Gasteiger partial charge is 0.115 e. The summed E-state index contributed by atoms with van der Waals surface area (Å²) in [6.07, 6.45) is 19.8. The molecule has 1 heteroatoms. The zero-order chi connectivity index (χ0) is 18.5. The highest BCUT2D eigenvalue weighted by Gasteiger charge is 2.19. The summed E-state index contributed by atoms with van der Waals surface area (Å²) in [5, 5.41) is 9.75. The van der Waals surface area contributed by atoms with Crippen molar-refractivity contribution in [1.82, 2.24) is 0 Å². The Kier molecular flexibility index (Phi) is 5.20. The zero-order valence-corrected chi connectivity index (χ0v) is 15.3. The van der Waals surface area contributed by atoms with Gasteiger partial charge in [0.15, 0.2) is 0 Å². The van der Waals surface area contributed by atoms with E-state index in [0.717, 1.165) is 18.4 Å². The van der Waals surface area contributed by atoms with Gasteiger partial charge in [0.2, 0.25) is 0 Å². The molecule has 2 aromatic carbocycles.